The van der Waals surface area contributed by atoms with Gasteiger partial charge in [0.2, 0.25) is 5.91 Å². The van der Waals surface area contributed by atoms with Crippen LogP contribution in [0, 0.1) is 3.57 Å². The molecular weight excluding hydrogens is 403 g/mol. The van der Waals surface area contributed by atoms with Gasteiger partial charge >= 0.3 is 0 Å². The number of nitrogens with two attached hydrogens (primary N) is 1. The van der Waals surface area contributed by atoms with Crippen molar-refractivity contribution < 1.29 is 9.90 Å². The molecule has 1 amide bonds. The SMILES string of the molecule is NC(=O)c1cccc(I)c1[C@H](CO)Cc1c[nH]c2ccccc12. The quantitative estimate of drug-likeness (QED) is 0.555. The van der Waals surface area contributed by atoms with E-state index in [4.69, 9.17) is 5.73 Å². The molecule has 5 heteroatoms. The highest BCUT2D eigenvalue weighted by atomic mass is 127. The van der Waals surface area contributed by atoms with Gasteiger partial charge in [0.15, 0.2) is 0 Å². The van der Waals surface area contributed by atoms with Crippen molar-refractivity contribution in [1.29, 1.82) is 0 Å². The molecule has 0 aliphatic rings. The maximum Gasteiger partial charge on any atom is 0.249 e. The van der Waals surface area contributed by atoms with Crippen LogP contribution in [0.1, 0.15) is 27.4 Å². The number of para-hydroxylation sites is 1. The maximum atomic E-state index is 11.7. The summed E-state index contributed by atoms with van der Waals surface area (Å²) in [6.07, 6.45) is 2.61. The minimum absolute atomic E-state index is 0.0419. The number of H-pyrrole nitrogens is 1. The van der Waals surface area contributed by atoms with Gasteiger partial charge in [-0.15, -0.1) is 0 Å². The van der Waals surface area contributed by atoms with Crippen LogP contribution in [0.2, 0.25) is 0 Å². The topological polar surface area (TPSA) is 79.1 Å². The van der Waals surface area contributed by atoms with E-state index < -0.39 is 5.91 Å². The number of carbonyl (C=O) groups excluding carboxylic acids is 1. The van der Waals surface area contributed by atoms with Gasteiger partial charge in [0.25, 0.3) is 0 Å². The first-order valence-electron chi connectivity index (χ1n) is 7.36. The molecule has 4 nitrogen and oxygen atoms in total. The predicted octanol–water partition coefficient (Wildman–Crippen LogP) is 3.19. The average Bonchev–Trinajstić information content (AvgIpc) is 2.96. The molecule has 2 aromatic carbocycles. The number of aromatic amines is 1. The Bertz CT molecular complexity index is 857. The molecule has 0 radical (unpaired) electrons. The lowest BCUT2D eigenvalue weighted by Gasteiger charge is -2.19. The highest BCUT2D eigenvalue weighted by Crippen LogP contribution is 2.30. The predicted molar refractivity (Wildman–Crippen MR) is 99.5 cm³/mol. The molecule has 1 aromatic heterocycles. The number of amides is 1. The number of rotatable bonds is 5. The summed E-state index contributed by atoms with van der Waals surface area (Å²) in [6.45, 7) is -0.0419. The van der Waals surface area contributed by atoms with Gasteiger partial charge < -0.3 is 15.8 Å². The fraction of sp³-hybridized carbons (Fsp3) is 0.167. The number of aliphatic hydroxyl groups is 1. The minimum Gasteiger partial charge on any atom is -0.396 e. The monoisotopic (exact) mass is 420 g/mol. The Hall–Kier alpha value is -1.86. The van der Waals surface area contributed by atoms with Gasteiger partial charge in [0, 0.05) is 32.2 Å². The number of aromatic nitrogens is 1. The van der Waals surface area contributed by atoms with Crippen LogP contribution in [0.4, 0.5) is 0 Å². The Kier molecular flexibility index (Phi) is 4.68. The third kappa shape index (κ3) is 3.11. The first-order valence-corrected chi connectivity index (χ1v) is 8.43. The molecule has 23 heavy (non-hydrogen) atoms. The van der Waals surface area contributed by atoms with Gasteiger partial charge in [0.1, 0.15) is 0 Å². The first-order chi connectivity index (χ1) is 11.1. The van der Waals surface area contributed by atoms with Crippen LogP contribution in [0.3, 0.4) is 0 Å². The lowest BCUT2D eigenvalue weighted by molar-refractivity contribution is 0.0998. The number of primary amides is 1. The van der Waals surface area contributed by atoms with Crippen molar-refractivity contribution in [1.82, 2.24) is 4.98 Å². The number of hydrogen-bond donors (Lipinski definition) is 3. The molecule has 1 heterocycles. The second-order valence-corrected chi connectivity index (χ2v) is 6.67. The fourth-order valence-corrected chi connectivity index (χ4v) is 3.93. The van der Waals surface area contributed by atoms with Crippen LogP contribution < -0.4 is 5.73 Å². The minimum atomic E-state index is -0.462. The molecule has 0 bridgehead atoms. The van der Waals surface area contributed by atoms with E-state index in [1.54, 1.807) is 6.07 Å². The Morgan fingerprint density at radius 1 is 1.22 bits per heavy atom. The molecule has 1 atom stereocenters. The van der Waals surface area contributed by atoms with Crippen LogP contribution in [0.25, 0.3) is 10.9 Å². The first kappa shape index (κ1) is 16.0. The van der Waals surface area contributed by atoms with Crippen LogP contribution in [0.5, 0.6) is 0 Å². The highest BCUT2D eigenvalue weighted by Gasteiger charge is 2.21. The van der Waals surface area contributed by atoms with Crippen LogP contribution in [-0.4, -0.2) is 22.6 Å². The summed E-state index contributed by atoms with van der Waals surface area (Å²) in [6, 6.07) is 13.5. The molecule has 118 valence electrons. The lowest BCUT2D eigenvalue weighted by atomic mass is 9.89. The molecule has 0 unspecified atom stereocenters. The van der Waals surface area contributed by atoms with Crippen LogP contribution in [0.15, 0.2) is 48.7 Å². The largest absolute Gasteiger partial charge is 0.396 e. The van der Waals surface area contributed by atoms with Crippen molar-refractivity contribution >= 4 is 39.4 Å². The van der Waals surface area contributed by atoms with Crippen LogP contribution in [-0.2, 0) is 6.42 Å². The van der Waals surface area contributed by atoms with E-state index in [1.165, 1.54) is 0 Å². The molecule has 0 spiro atoms. The van der Waals surface area contributed by atoms with E-state index in [1.807, 2.05) is 36.5 Å². The number of carbonyl (C=O) groups is 1. The Labute approximate surface area is 147 Å². The van der Waals surface area contributed by atoms with Crippen molar-refractivity contribution in [3.8, 4) is 0 Å². The summed E-state index contributed by atoms with van der Waals surface area (Å²) in [5, 5.41) is 11.1. The van der Waals surface area contributed by atoms with E-state index in [9.17, 15) is 9.90 Å². The summed E-state index contributed by atoms with van der Waals surface area (Å²) in [4.78, 5) is 15.0. The molecule has 0 saturated heterocycles. The van der Waals surface area contributed by atoms with E-state index in [0.29, 0.717) is 12.0 Å². The number of halogens is 1. The fourth-order valence-electron chi connectivity index (χ4n) is 2.99. The second kappa shape index (κ2) is 6.72. The van der Waals surface area contributed by atoms with E-state index in [-0.39, 0.29) is 12.5 Å². The van der Waals surface area contributed by atoms with Crippen molar-refractivity contribution in [2.24, 2.45) is 5.73 Å². The van der Waals surface area contributed by atoms with E-state index in [2.05, 4.69) is 33.6 Å². The summed E-state index contributed by atoms with van der Waals surface area (Å²) in [7, 11) is 0. The molecular formula is C18H17IN2O2. The maximum absolute atomic E-state index is 11.7. The summed E-state index contributed by atoms with van der Waals surface area (Å²) in [5.74, 6) is -0.638. The summed E-state index contributed by atoms with van der Waals surface area (Å²) < 4.78 is 0.942. The second-order valence-electron chi connectivity index (χ2n) is 5.51. The average molecular weight is 420 g/mol. The molecule has 0 aliphatic heterocycles. The molecule has 3 rings (SSSR count). The molecule has 3 aromatic rings. The van der Waals surface area contributed by atoms with Gasteiger partial charge in [0.05, 0.1) is 6.61 Å². The highest BCUT2D eigenvalue weighted by molar-refractivity contribution is 14.1. The molecule has 0 saturated carbocycles. The van der Waals surface area contributed by atoms with Crippen molar-refractivity contribution in [2.45, 2.75) is 12.3 Å². The van der Waals surface area contributed by atoms with Gasteiger partial charge in [-0.1, -0.05) is 24.3 Å². The van der Waals surface area contributed by atoms with Crippen molar-refractivity contribution in [3.05, 3.63) is 68.9 Å². The van der Waals surface area contributed by atoms with Gasteiger partial charge in [-0.05, 0) is 58.3 Å². The van der Waals surface area contributed by atoms with Crippen molar-refractivity contribution in [3.63, 3.8) is 0 Å². The zero-order valence-electron chi connectivity index (χ0n) is 12.4. The number of fused-ring (bicyclic) bond motifs is 1. The zero-order valence-corrected chi connectivity index (χ0v) is 14.6. The summed E-state index contributed by atoms with van der Waals surface area (Å²) >= 11 is 2.19. The van der Waals surface area contributed by atoms with E-state index in [0.717, 1.165) is 25.6 Å². The third-order valence-electron chi connectivity index (χ3n) is 4.09. The smallest absolute Gasteiger partial charge is 0.249 e. The Morgan fingerprint density at radius 3 is 2.74 bits per heavy atom. The molecule has 0 fully saturated rings. The number of aliphatic hydroxyl groups excluding tert-OH is 1. The standard InChI is InChI=1S/C18H17IN2O2/c19-15-6-3-5-14(18(20)23)17(15)12(10-22)8-11-9-21-16-7-2-1-4-13(11)16/h1-7,9,12,21-22H,8,10H2,(H2,20,23)/t12-/m0/s1. The van der Waals surface area contributed by atoms with Crippen LogP contribution >= 0.6 is 22.6 Å². The Morgan fingerprint density at radius 2 is 2.00 bits per heavy atom. The van der Waals surface area contributed by atoms with Gasteiger partial charge in [-0.25, -0.2) is 0 Å². The van der Waals surface area contributed by atoms with E-state index >= 15 is 0 Å². The molecule has 4 N–H and O–H groups in total. The normalized spacial score (nSPS) is 12.4. The lowest BCUT2D eigenvalue weighted by Crippen LogP contribution is -2.19. The number of benzene rings is 2. The summed E-state index contributed by atoms with van der Waals surface area (Å²) in [5.41, 5.74) is 9.01. The number of hydrogen-bond acceptors (Lipinski definition) is 2. The third-order valence-corrected chi connectivity index (χ3v) is 5.03. The zero-order chi connectivity index (χ0) is 16.4. The van der Waals surface area contributed by atoms with Crippen molar-refractivity contribution in [2.75, 3.05) is 6.61 Å². The van der Waals surface area contributed by atoms with Gasteiger partial charge in [-0.3, -0.25) is 4.79 Å². The number of nitrogens with one attached hydrogen (secondary N) is 1. The van der Waals surface area contributed by atoms with Gasteiger partial charge in [-0.2, -0.15) is 0 Å². The molecule has 0 aliphatic carbocycles. The Balaban J connectivity index is 2.03.